The monoisotopic (exact) mass is 172 g/mol. The average molecular weight is 172 g/mol. The summed E-state index contributed by atoms with van der Waals surface area (Å²) in [5, 5.41) is 0. The predicted molar refractivity (Wildman–Crippen MR) is 57.7 cm³/mol. The minimum absolute atomic E-state index is 0.766. The molecule has 2 rings (SSSR count). The maximum Gasteiger partial charge on any atom is -0.0195 e. The van der Waals surface area contributed by atoms with Crippen LogP contribution in [0.3, 0.4) is 0 Å². The minimum atomic E-state index is 0.766. The van der Waals surface area contributed by atoms with Crippen LogP contribution in [-0.2, 0) is 6.42 Å². The van der Waals surface area contributed by atoms with Crippen LogP contribution in [0.25, 0.3) is 5.57 Å². The Morgan fingerprint density at radius 1 is 1.31 bits per heavy atom. The van der Waals surface area contributed by atoms with E-state index in [1.54, 1.807) is 0 Å². The third-order valence-electron chi connectivity index (χ3n) is 2.81. The Kier molecular flexibility index (Phi) is 1.99. The van der Waals surface area contributed by atoms with Gasteiger partial charge in [-0.25, -0.2) is 0 Å². The van der Waals surface area contributed by atoms with Crippen molar-refractivity contribution in [1.29, 1.82) is 0 Å². The van der Waals surface area contributed by atoms with E-state index in [2.05, 4.69) is 38.6 Å². The topological polar surface area (TPSA) is 0 Å². The van der Waals surface area contributed by atoms with Crippen molar-refractivity contribution >= 4 is 5.57 Å². The Bertz CT molecular complexity index is 347. The summed E-state index contributed by atoms with van der Waals surface area (Å²) in [5.41, 5.74) is 5.54. The van der Waals surface area contributed by atoms with Gasteiger partial charge >= 0.3 is 0 Å². The summed E-state index contributed by atoms with van der Waals surface area (Å²) in [6.07, 6.45) is 2.38. The highest BCUT2D eigenvalue weighted by atomic mass is 14.2. The van der Waals surface area contributed by atoms with Crippen molar-refractivity contribution in [3.05, 3.63) is 41.5 Å². The first kappa shape index (κ1) is 8.55. The van der Waals surface area contributed by atoms with Crippen LogP contribution in [0.1, 0.15) is 30.0 Å². The summed E-state index contributed by atoms with van der Waals surface area (Å²) in [7, 11) is 0. The quantitative estimate of drug-likeness (QED) is 0.561. The lowest BCUT2D eigenvalue weighted by atomic mass is 9.81. The van der Waals surface area contributed by atoms with Crippen molar-refractivity contribution in [1.82, 2.24) is 0 Å². The summed E-state index contributed by atoms with van der Waals surface area (Å²) < 4.78 is 0. The van der Waals surface area contributed by atoms with E-state index in [9.17, 15) is 0 Å². The van der Waals surface area contributed by atoms with Gasteiger partial charge < -0.3 is 0 Å². The minimum Gasteiger partial charge on any atom is -0.0952 e. The zero-order valence-corrected chi connectivity index (χ0v) is 8.43. The van der Waals surface area contributed by atoms with Gasteiger partial charge in [0.1, 0.15) is 0 Å². The Morgan fingerprint density at radius 2 is 2.08 bits per heavy atom. The molecule has 1 aromatic carbocycles. The summed E-state index contributed by atoms with van der Waals surface area (Å²) in [6.45, 7) is 8.59. The van der Waals surface area contributed by atoms with E-state index >= 15 is 0 Å². The van der Waals surface area contributed by atoms with Gasteiger partial charge in [0.2, 0.25) is 0 Å². The van der Waals surface area contributed by atoms with Crippen LogP contribution >= 0.6 is 0 Å². The third-order valence-corrected chi connectivity index (χ3v) is 2.81. The molecule has 1 aliphatic carbocycles. The molecule has 0 saturated heterocycles. The average Bonchev–Trinajstić information content (AvgIpc) is 2.06. The fourth-order valence-electron chi connectivity index (χ4n) is 2.18. The number of allylic oxidation sites excluding steroid dienone is 1. The number of benzene rings is 1. The summed E-state index contributed by atoms with van der Waals surface area (Å²) in [4.78, 5) is 0. The highest BCUT2D eigenvalue weighted by Crippen LogP contribution is 2.33. The molecule has 1 unspecified atom stereocenters. The Morgan fingerprint density at radius 3 is 2.85 bits per heavy atom. The van der Waals surface area contributed by atoms with Gasteiger partial charge in [0.15, 0.2) is 0 Å². The van der Waals surface area contributed by atoms with E-state index in [1.807, 2.05) is 0 Å². The maximum atomic E-state index is 4.15. The Balaban J connectivity index is 2.49. The highest BCUT2D eigenvalue weighted by molar-refractivity contribution is 5.68. The first-order chi connectivity index (χ1) is 6.16. The lowest BCUT2D eigenvalue weighted by molar-refractivity contribution is 0.582. The molecule has 0 fully saturated rings. The molecule has 68 valence electrons. The normalized spacial score (nSPS) is 21.4. The molecule has 0 saturated carbocycles. The SMILES string of the molecule is C=C1CC(C)Cc2ccc(C)cc21. The molecule has 0 aliphatic heterocycles. The summed E-state index contributed by atoms with van der Waals surface area (Å²) in [6, 6.07) is 6.72. The molecule has 0 N–H and O–H groups in total. The van der Waals surface area contributed by atoms with E-state index in [1.165, 1.54) is 28.7 Å². The van der Waals surface area contributed by atoms with Crippen LogP contribution in [0.4, 0.5) is 0 Å². The van der Waals surface area contributed by atoms with Crippen LogP contribution in [0.15, 0.2) is 24.8 Å². The van der Waals surface area contributed by atoms with Gasteiger partial charge in [0.05, 0.1) is 0 Å². The highest BCUT2D eigenvalue weighted by Gasteiger charge is 2.17. The van der Waals surface area contributed by atoms with Gasteiger partial charge in [0, 0.05) is 0 Å². The van der Waals surface area contributed by atoms with E-state index in [0.29, 0.717) is 0 Å². The van der Waals surface area contributed by atoms with Crippen molar-refractivity contribution in [3.8, 4) is 0 Å². The summed E-state index contributed by atoms with van der Waals surface area (Å²) >= 11 is 0. The zero-order chi connectivity index (χ0) is 9.42. The first-order valence-corrected chi connectivity index (χ1v) is 4.94. The van der Waals surface area contributed by atoms with Crippen LogP contribution in [0.2, 0.25) is 0 Å². The molecule has 0 radical (unpaired) electrons. The Hall–Kier alpha value is -1.04. The predicted octanol–water partition coefficient (Wildman–Crippen LogP) is 3.59. The second-order valence-electron chi connectivity index (χ2n) is 4.28. The largest absolute Gasteiger partial charge is 0.0952 e. The van der Waals surface area contributed by atoms with Gasteiger partial charge in [0.25, 0.3) is 0 Å². The zero-order valence-electron chi connectivity index (χ0n) is 8.43. The number of rotatable bonds is 0. The molecule has 0 heteroatoms. The standard InChI is InChI=1S/C13H16/c1-9-4-5-12-7-10(2)6-11(3)13(12)8-9/h4-5,8,10H,3,6-7H2,1-2H3. The van der Waals surface area contributed by atoms with Crippen molar-refractivity contribution in [3.63, 3.8) is 0 Å². The fourth-order valence-corrected chi connectivity index (χ4v) is 2.18. The van der Waals surface area contributed by atoms with E-state index in [0.717, 1.165) is 12.3 Å². The fraction of sp³-hybridized carbons (Fsp3) is 0.385. The van der Waals surface area contributed by atoms with Gasteiger partial charge in [-0.05, 0) is 42.4 Å². The summed E-state index contributed by atoms with van der Waals surface area (Å²) in [5.74, 6) is 0.766. The van der Waals surface area contributed by atoms with E-state index < -0.39 is 0 Å². The molecule has 0 nitrogen and oxygen atoms in total. The van der Waals surface area contributed by atoms with Crippen molar-refractivity contribution in [2.75, 3.05) is 0 Å². The van der Waals surface area contributed by atoms with Crippen molar-refractivity contribution in [2.24, 2.45) is 5.92 Å². The van der Waals surface area contributed by atoms with Crippen LogP contribution in [0, 0.1) is 12.8 Å². The molecule has 1 aromatic rings. The third kappa shape index (κ3) is 1.53. The smallest absolute Gasteiger partial charge is 0.0195 e. The lowest BCUT2D eigenvalue weighted by Crippen LogP contribution is -2.09. The second-order valence-corrected chi connectivity index (χ2v) is 4.28. The van der Waals surface area contributed by atoms with Crippen molar-refractivity contribution < 1.29 is 0 Å². The molecular weight excluding hydrogens is 156 g/mol. The number of aryl methyl sites for hydroxylation is 1. The molecular formula is C13H16. The molecule has 1 atom stereocenters. The van der Waals surface area contributed by atoms with Gasteiger partial charge in [-0.15, -0.1) is 0 Å². The van der Waals surface area contributed by atoms with Crippen LogP contribution in [0.5, 0.6) is 0 Å². The number of hydrogen-bond donors (Lipinski definition) is 0. The molecule has 0 spiro atoms. The number of hydrogen-bond acceptors (Lipinski definition) is 0. The molecule has 0 bridgehead atoms. The second kappa shape index (κ2) is 3.02. The van der Waals surface area contributed by atoms with E-state index in [-0.39, 0.29) is 0 Å². The van der Waals surface area contributed by atoms with E-state index in [4.69, 9.17) is 0 Å². The molecule has 1 aliphatic rings. The number of fused-ring (bicyclic) bond motifs is 1. The Labute approximate surface area is 80.3 Å². The van der Waals surface area contributed by atoms with Crippen LogP contribution < -0.4 is 0 Å². The maximum absolute atomic E-state index is 4.15. The molecule has 0 aromatic heterocycles. The van der Waals surface area contributed by atoms with Crippen molar-refractivity contribution in [2.45, 2.75) is 26.7 Å². The molecule has 0 amide bonds. The first-order valence-electron chi connectivity index (χ1n) is 4.94. The van der Waals surface area contributed by atoms with Gasteiger partial charge in [-0.2, -0.15) is 0 Å². The van der Waals surface area contributed by atoms with Crippen LogP contribution in [-0.4, -0.2) is 0 Å². The molecule has 0 heterocycles. The molecule has 13 heavy (non-hydrogen) atoms. The van der Waals surface area contributed by atoms with Gasteiger partial charge in [-0.3, -0.25) is 0 Å². The lowest BCUT2D eigenvalue weighted by Gasteiger charge is -2.23. The van der Waals surface area contributed by atoms with Gasteiger partial charge in [-0.1, -0.05) is 37.3 Å².